The molecule has 1 aliphatic heterocycles. The molecule has 2 aromatic rings. The summed E-state index contributed by atoms with van der Waals surface area (Å²) in [7, 11) is 0. The Morgan fingerprint density at radius 2 is 2.38 bits per heavy atom. The van der Waals surface area contributed by atoms with Crippen LogP contribution in [0.3, 0.4) is 0 Å². The average molecular weight is 218 g/mol. The van der Waals surface area contributed by atoms with E-state index in [4.69, 9.17) is 10.5 Å². The molecule has 0 saturated carbocycles. The molecule has 0 radical (unpaired) electrons. The second-order valence-electron chi connectivity index (χ2n) is 4.31. The topological polar surface area (TPSA) is 76.8 Å². The number of H-pyrrole nitrogens is 1. The SMILES string of the molecule is Cc1cnc2nc(C3COCC3N)[nH]c2c1. The van der Waals surface area contributed by atoms with Gasteiger partial charge in [0.25, 0.3) is 0 Å². The zero-order valence-electron chi connectivity index (χ0n) is 9.10. The fourth-order valence-corrected chi connectivity index (χ4v) is 2.05. The lowest BCUT2D eigenvalue weighted by Gasteiger charge is -2.08. The van der Waals surface area contributed by atoms with E-state index in [0.717, 1.165) is 22.6 Å². The Kier molecular flexibility index (Phi) is 2.15. The lowest BCUT2D eigenvalue weighted by molar-refractivity contribution is 0.190. The number of hydrogen-bond acceptors (Lipinski definition) is 4. The molecule has 2 unspecified atom stereocenters. The van der Waals surface area contributed by atoms with Crippen LogP contribution in [0.1, 0.15) is 17.3 Å². The van der Waals surface area contributed by atoms with Crippen molar-refractivity contribution in [2.24, 2.45) is 5.73 Å². The Morgan fingerprint density at radius 1 is 1.50 bits per heavy atom. The number of aryl methyl sites for hydroxylation is 1. The van der Waals surface area contributed by atoms with E-state index in [0.29, 0.717) is 13.2 Å². The van der Waals surface area contributed by atoms with Crippen LogP contribution in [0.15, 0.2) is 12.3 Å². The van der Waals surface area contributed by atoms with E-state index in [2.05, 4.69) is 15.0 Å². The summed E-state index contributed by atoms with van der Waals surface area (Å²) in [5.74, 6) is 1.05. The molecule has 1 aliphatic rings. The van der Waals surface area contributed by atoms with Crippen LogP contribution in [0.25, 0.3) is 11.2 Å². The largest absolute Gasteiger partial charge is 0.379 e. The van der Waals surface area contributed by atoms with Crippen molar-refractivity contribution in [1.29, 1.82) is 0 Å². The Balaban J connectivity index is 2.04. The molecule has 0 spiro atoms. The van der Waals surface area contributed by atoms with Gasteiger partial charge in [0.2, 0.25) is 0 Å². The van der Waals surface area contributed by atoms with Crippen LogP contribution in [0.5, 0.6) is 0 Å². The zero-order valence-corrected chi connectivity index (χ0v) is 9.10. The summed E-state index contributed by atoms with van der Waals surface area (Å²) in [6.07, 6.45) is 1.82. The van der Waals surface area contributed by atoms with Crippen LogP contribution < -0.4 is 5.73 Å². The minimum absolute atomic E-state index is 0.0293. The summed E-state index contributed by atoms with van der Waals surface area (Å²) >= 11 is 0. The highest BCUT2D eigenvalue weighted by Gasteiger charge is 2.29. The number of nitrogens with zero attached hydrogens (tertiary/aromatic N) is 2. The van der Waals surface area contributed by atoms with Crippen molar-refractivity contribution in [1.82, 2.24) is 15.0 Å². The van der Waals surface area contributed by atoms with Gasteiger partial charge >= 0.3 is 0 Å². The average Bonchev–Trinajstić information content (AvgIpc) is 2.82. The number of nitrogens with one attached hydrogen (secondary N) is 1. The van der Waals surface area contributed by atoms with Crippen LogP contribution in [0, 0.1) is 6.92 Å². The van der Waals surface area contributed by atoms with Crippen molar-refractivity contribution in [3.05, 3.63) is 23.7 Å². The number of aromatic nitrogens is 3. The molecule has 5 nitrogen and oxygen atoms in total. The van der Waals surface area contributed by atoms with Crippen LogP contribution in [0.4, 0.5) is 0 Å². The fraction of sp³-hybridized carbons (Fsp3) is 0.455. The van der Waals surface area contributed by atoms with E-state index < -0.39 is 0 Å². The molecule has 0 aromatic carbocycles. The number of hydrogen-bond donors (Lipinski definition) is 2. The predicted molar refractivity (Wildman–Crippen MR) is 60.2 cm³/mol. The molecule has 0 bridgehead atoms. The normalized spacial score (nSPS) is 25.4. The van der Waals surface area contributed by atoms with E-state index in [9.17, 15) is 0 Å². The molecule has 1 saturated heterocycles. The molecule has 2 atom stereocenters. The lowest BCUT2D eigenvalue weighted by Crippen LogP contribution is -2.27. The standard InChI is InChI=1S/C11H14N4O/c1-6-2-9-11(13-3-6)15-10(14-9)7-4-16-5-8(7)12/h2-3,7-8H,4-5,12H2,1H3,(H,13,14,15). The minimum atomic E-state index is 0.0293. The number of pyridine rings is 1. The molecule has 16 heavy (non-hydrogen) atoms. The smallest absolute Gasteiger partial charge is 0.177 e. The monoisotopic (exact) mass is 218 g/mol. The Labute approximate surface area is 93.0 Å². The minimum Gasteiger partial charge on any atom is -0.379 e. The third-order valence-corrected chi connectivity index (χ3v) is 2.97. The van der Waals surface area contributed by atoms with Crippen molar-refractivity contribution >= 4 is 11.2 Å². The van der Waals surface area contributed by atoms with Gasteiger partial charge in [0.05, 0.1) is 24.6 Å². The Bertz CT molecular complexity index is 522. The molecular formula is C11H14N4O. The molecular weight excluding hydrogens is 204 g/mol. The van der Waals surface area contributed by atoms with E-state index in [1.54, 1.807) is 0 Å². The highest BCUT2D eigenvalue weighted by atomic mass is 16.5. The number of nitrogens with two attached hydrogens (primary N) is 1. The first-order chi connectivity index (χ1) is 7.74. The van der Waals surface area contributed by atoms with Gasteiger partial charge in [-0.1, -0.05) is 0 Å². The predicted octanol–water partition coefficient (Wildman–Crippen LogP) is 0.707. The van der Waals surface area contributed by atoms with Gasteiger partial charge in [-0.15, -0.1) is 0 Å². The molecule has 1 fully saturated rings. The maximum absolute atomic E-state index is 5.96. The third kappa shape index (κ3) is 1.48. The van der Waals surface area contributed by atoms with E-state index in [-0.39, 0.29) is 12.0 Å². The van der Waals surface area contributed by atoms with Crippen LogP contribution in [-0.4, -0.2) is 34.2 Å². The lowest BCUT2D eigenvalue weighted by atomic mass is 10.0. The number of ether oxygens (including phenoxy) is 1. The maximum atomic E-state index is 5.96. The molecule has 3 N–H and O–H groups in total. The fourth-order valence-electron chi connectivity index (χ4n) is 2.05. The van der Waals surface area contributed by atoms with Crippen molar-refractivity contribution < 1.29 is 4.74 Å². The molecule has 3 rings (SSSR count). The maximum Gasteiger partial charge on any atom is 0.177 e. The summed E-state index contributed by atoms with van der Waals surface area (Å²) in [6.45, 7) is 3.26. The van der Waals surface area contributed by atoms with E-state index >= 15 is 0 Å². The number of rotatable bonds is 1. The molecule has 2 aromatic heterocycles. The summed E-state index contributed by atoms with van der Waals surface area (Å²) in [6, 6.07) is 2.07. The quantitative estimate of drug-likeness (QED) is 0.739. The van der Waals surface area contributed by atoms with Gasteiger partial charge in [0.15, 0.2) is 5.65 Å². The molecule has 0 amide bonds. The molecule has 0 aliphatic carbocycles. The number of aromatic amines is 1. The zero-order chi connectivity index (χ0) is 11.1. The van der Waals surface area contributed by atoms with Gasteiger partial charge in [0, 0.05) is 12.2 Å². The summed E-state index contributed by atoms with van der Waals surface area (Å²) < 4.78 is 5.34. The van der Waals surface area contributed by atoms with Crippen LogP contribution >= 0.6 is 0 Å². The number of fused-ring (bicyclic) bond motifs is 1. The summed E-state index contributed by atoms with van der Waals surface area (Å²) in [4.78, 5) is 12.0. The number of imidazole rings is 1. The molecule has 3 heterocycles. The first kappa shape index (κ1) is 9.74. The van der Waals surface area contributed by atoms with Gasteiger partial charge < -0.3 is 15.5 Å². The summed E-state index contributed by atoms with van der Waals surface area (Å²) in [5.41, 5.74) is 8.79. The second-order valence-corrected chi connectivity index (χ2v) is 4.31. The summed E-state index contributed by atoms with van der Waals surface area (Å²) in [5, 5.41) is 0. The van der Waals surface area contributed by atoms with Crippen molar-refractivity contribution in [3.8, 4) is 0 Å². The van der Waals surface area contributed by atoms with Gasteiger partial charge in [-0.3, -0.25) is 0 Å². The van der Waals surface area contributed by atoms with Crippen molar-refractivity contribution in [2.45, 2.75) is 18.9 Å². The van der Waals surface area contributed by atoms with Crippen molar-refractivity contribution in [2.75, 3.05) is 13.2 Å². The second kappa shape index (κ2) is 3.54. The molecule has 84 valence electrons. The Hall–Kier alpha value is -1.46. The van der Waals surface area contributed by atoms with Gasteiger partial charge in [-0.2, -0.15) is 0 Å². The third-order valence-electron chi connectivity index (χ3n) is 2.97. The van der Waals surface area contributed by atoms with Gasteiger partial charge in [-0.05, 0) is 18.6 Å². The van der Waals surface area contributed by atoms with Crippen LogP contribution in [-0.2, 0) is 4.74 Å². The van der Waals surface area contributed by atoms with Gasteiger partial charge in [-0.25, -0.2) is 9.97 Å². The van der Waals surface area contributed by atoms with Gasteiger partial charge in [0.1, 0.15) is 5.82 Å². The first-order valence-electron chi connectivity index (χ1n) is 5.39. The van der Waals surface area contributed by atoms with Crippen LogP contribution in [0.2, 0.25) is 0 Å². The van der Waals surface area contributed by atoms with E-state index in [1.165, 1.54) is 0 Å². The van der Waals surface area contributed by atoms with Crippen molar-refractivity contribution in [3.63, 3.8) is 0 Å². The first-order valence-corrected chi connectivity index (χ1v) is 5.39. The molecule has 5 heteroatoms. The highest BCUT2D eigenvalue weighted by Crippen LogP contribution is 2.23. The Morgan fingerprint density at radius 3 is 3.12 bits per heavy atom. The highest BCUT2D eigenvalue weighted by molar-refractivity contribution is 5.71. The van der Waals surface area contributed by atoms with E-state index in [1.807, 2.05) is 19.2 Å².